The maximum absolute atomic E-state index is 12.5. The van der Waals surface area contributed by atoms with E-state index in [0.717, 1.165) is 77.0 Å². The third-order valence-corrected chi connectivity index (χ3v) is 6.76. The molecule has 2 atom stereocenters. The number of carbonyl (C=O) groups is 3. The number of aliphatic carboxylic acids is 1. The highest BCUT2D eigenvalue weighted by atomic mass is 16.6. The van der Waals surface area contributed by atoms with E-state index in [1.54, 1.807) is 0 Å². The summed E-state index contributed by atoms with van der Waals surface area (Å²) in [6, 6.07) is 0. The molecule has 2 N–H and O–H groups in total. The molecule has 7 nitrogen and oxygen atoms in total. The van der Waals surface area contributed by atoms with E-state index in [0.29, 0.717) is 38.7 Å². The lowest BCUT2D eigenvalue weighted by Gasteiger charge is -2.23. The predicted octanol–water partition coefficient (Wildman–Crippen LogP) is 7.51. The Bertz CT molecular complexity index is 564. The number of unbranched alkanes of at least 4 members (excludes halogenated alkanes) is 14. The number of carbonyl (C=O) groups excluding carboxylic acids is 2. The average Bonchev–Trinajstić information content (AvgIpc) is 2.86. The van der Waals surface area contributed by atoms with E-state index in [1.165, 1.54) is 25.7 Å². The van der Waals surface area contributed by atoms with Gasteiger partial charge in [-0.1, -0.05) is 90.4 Å². The first kappa shape index (κ1) is 35.4. The molecule has 0 amide bonds. The lowest BCUT2D eigenvalue weighted by Crippen LogP contribution is -2.31. The van der Waals surface area contributed by atoms with Crippen molar-refractivity contribution in [3.05, 3.63) is 0 Å². The van der Waals surface area contributed by atoms with Gasteiger partial charge in [-0.15, -0.1) is 0 Å². The molecule has 37 heavy (non-hydrogen) atoms. The summed E-state index contributed by atoms with van der Waals surface area (Å²) in [6.45, 7) is 4.44. The highest BCUT2D eigenvalue weighted by Gasteiger charge is 2.22. The van der Waals surface area contributed by atoms with Crippen molar-refractivity contribution in [3.63, 3.8) is 0 Å². The van der Waals surface area contributed by atoms with Crippen LogP contribution in [0.25, 0.3) is 0 Å². The Morgan fingerprint density at radius 3 is 1.59 bits per heavy atom. The Labute approximate surface area is 226 Å². The summed E-state index contributed by atoms with van der Waals surface area (Å²) in [7, 11) is 0. The van der Waals surface area contributed by atoms with Crippen LogP contribution in [0.15, 0.2) is 0 Å². The normalized spacial score (nSPS) is 12.7. The Morgan fingerprint density at radius 2 is 1.05 bits per heavy atom. The summed E-state index contributed by atoms with van der Waals surface area (Å²) >= 11 is 0. The van der Waals surface area contributed by atoms with Crippen LogP contribution in [-0.4, -0.2) is 46.9 Å². The van der Waals surface area contributed by atoms with E-state index >= 15 is 0 Å². The van der Waals surface area contributed by atoms with Gasteiger partial charge < -0.3 is 19.7 Å². The molecule has 0 aliphatic rings. The summed E-state index contributed by atoms with van der Waals surface area (Å²) in [5, 5.41) is 19.4. The molecule has 0 rings (SSSR count). The molecule has 0 aromatic heterocycles. The highest BCUT2D eigenvalue weighted by molar-refractivity contribution is 5.69. The minimum Gasteiger partial charge on any atom is -0.481 e. The molecule has 0 aliphatic carbocycles. The van der Waals surface area contributed by atoms with Gasteiger partial charge in [0.1, 0.15) is 6.10 Å². The molecule has 0 aromatic rings. The standard InChI is InChI=1S/C30H56O7/c1-3-5-6-7-11-16-21-26(31)27(22-17-12-10-15-19-24-29(34)36-4-2)37-30(35)25-20-14-9-8-13-18-23-28(32)33/h26-27,31H,3-25H2,1-2H3,(H,32,33). The maximum Gasteiger partial charge on any atom is 0.306 e. The minimum absolute atomic E-state index is 0.134. The van der Waals surface area contributed by atoms with Crippen molar-refractivity contribution in [2.24, 2.45) is 0 Å². The number of carboxylic acids is 1. The van der Waals surface area contributed by atoms with Crippen molar-refractivity contribution in [2.75, 3.05) is 6.61 Å². The van der Waals surface area contributed by atoms with Gasteiger partial charge in [-0.2, -0.15) is 0 Å². The number of rotatable bonds is 27. The van der Waals surface area contributed by atoms with Gasteiger partial charge in [0.2, 0.25) is 0 Å². The predicted molar refractivity (Wildman–Crippen MR) is 147 cm³/mol. The Morgan fingerprint density at radius 1 is 0.595 bits per heavy atom. The molecule has 0 aliphatic heterocycles. The van der Waals surface area contributed by atoms with Crippen molar-refractivity contribution < 1.29 is 34.1 Å². The fraction of sp³-hybridized carbons (Fsp3) is 0.900. The zero-order valence-corrected chi connectivity index (χ0v) is 23.9. The van der Waals surface area contributed by atoms with Crippen molar-refractivity contribution in [1.29, 1.82) is 0 Å². The fourth-order valence-electron chi connectivity index (χ4n) is 4.51. The van der Waals surface area contributed by atoms with E-state index in [2.05, 4.69) is 6.92 Å². The van der Waals surface area contributed by atoms with E-state index in [1.807, 2.05) is 6.92 Å². The van der Waals surface area contributed by atoms with Crippen LogP contribution in [0.4, 0.5) is 0 Å². The monoisotopic (exact) mass is 528 g/mol. The maximum atomic E-state index is 12.5. The van der Waals surface area contributed by atoms with E-state index < -0.39 is 18.2 Å². The van der Waals surface area contributed by atoms with Crippen molar-refractivity contribution in [1.82, 2.24) is 0 Å². The average molecular weight is 529 g/mol. The third kappa shape index (κ3) is 24.5. The van der Waals surface area contributed by atoms with Gasteiger partial charge in [0.15, 0.2) is 0 Å². The van der Waals surface area contributed by atoms with Gasteiger partial charge in [-0.25, -0.2) is 0 Å². The van der Waals surface area contributed by atoms with Crippen LogP contribution < -0.4 is 0 Å². The van der Waals surface area contributed by atoms with Gasteiger partial charge in [0.25, 0.3) is 0 Å². The Balaban J connectivity index is 4.27. The quantitative estimate of drug-likeness (QED) is 0.0838. The summed E-state index contributed by atoms with van der Waals surface area (Å²) in [5.74, 6) is -1.11. The van der Waals surface area contributed by atoms with Crippen molar-refractivity contribution in [3.8, 4) is 0 Å². The molecule has 0 bridgehead atoms. The van der Waals surface area contributed by atoms with Crippen LogP contribution in [0.1, 0.15) is 155 Å². The second-order valence-corrected chi connectivity index (χ2v) is 10.3. The van der Waals surface area contributed by atoms with Gasteiger partial charge >= 0.3 is 17.9 Å². The van der Waals surface area contributed by atoms with Crippen molar-refractivity contribution >= 4 is 17.9 Å². The Kier molecular flexibility index (Phi) is 24.9. The first-order valence-corrected chi connectivity index (χ1v) is 15.2. The lowest BCUT2D eigenvalue weighted by molar-refractivity contribution is -0.156. The fourth-order valence-corrected chi connectivity index (χ4v) is 4.51. The van der Waals surface area contributed by atoms with E-state index in [4.69, 9.17) is 14.6 Å². The second-order valence-electron chi connectivity index (χ2n) is 10.3. The largest absolute Gasteiger partial charge is 0.481 e. The molecule has 0 saturated heterocycles. The van der Waals surface area contributed by atoms with Crippen LogP contribution in [-0.2, 0) is 23.9 Å². The zero-order valence-electron chi connectivity index (χ0n) is 23.9. The zero-order chi connectivity index (χ0) is 27.6. The lowest BCUT2D eigenvalue weighted by atomic mass is 9.99. The van der Waals surface area contributed by atoms with Gasteiger partial charge in [0, 0.05) is 19.3 Å². The summed E-state index contributed by atoms with van der Waals surface area (Å²) in [5.41, 5.74) is 0. The highest BCUT2D eigenvalue weighted by Crippen LogP contribution is 2.19. The number of hydrogen-bond donors (Lipinski definition) is 2. The van der Waals surface area contributed by atoms with E-state index in [-0.39, 0.29) is 18.4 Å². The van der Waals surface area contributed by atoms with Crippen LogP contribution in [0.3, 0.4) is 0 Å². The number of aliphatic hydroxyl groups is 1. The van der Waals surface area contributed by atoms with Crippen LogP contribution in [0.5, 0.6) is 0 Å². The van der Waals surface area contributed by atoms with Crippen LogP contribution in [0, 0.1) is 0 Å². The van der Waals surface area contributed by atoms with Crippen LogP contribution >= 0.6 is 0 Å². The van der Waals surface area contributed by atoms with E-state index in [9.17, 15) is 19.5 Å². The van der Waals surface area contributed by atoms with Crippen molar-refractivity contribution in [2.45, 2.75) is 167 Å². The topological polar surface area (TPSA) is 110 Å². The molecule has 0 fully saturated rings. The molecule has 0 aromatic carbocycles. The number of carboxylic acid groups (broad SMARTS) is 1. The molecule has 0 heterocycles. The van der Waals surface area contributed by atoms with Gasteiger partial charge in [-0.3, -0.25) is 14.4 Å². The molecule has 0 spiro atoms. The van der Waals surface area contributed by atoms with Gasteiger partial charge in [-0.05, 0) is 45.4 Å². The number of esters is 2. The number of hydrogen-bond acceptors (Lipinski definition) is 6. The smallest absolute Gasteiger partial charge is 0.306 e. The first-order chi connectivity index (χ1) is 17.9. The molecule has 0 radical (unpaired) electrons. The van der Waals surface area contributed by atoms with Gasteiger partial charge in [0.05, 0.1) is 12.7 Å². The molecule has 2 unspecified atom stereocenters. The SMILES string of the molecule is CCCCCCCCC(O)C(CCCCCCCC(=O)OCC)OC(=O)CCCCCCCCC(=O)O. The summed E-state index contributed by atoms with van der Waals surface area (Å²) in [4.78, 5) is 34.4. The Hall–Kier alpha value is -1.63. The number of ether oxygens (including phenoxy) is 2. The molecular formula is C30H56O7. The van der Waals surface area contributed by atoms with Crippen LogP contribution in [0.2, 0.25) is 0 Å². The molecular weight excluding hydrogens is 472 g/mol. The first-order valence-electron chi connectivity index (χ1n) is 15.2. The molecule has 218 valence electrons. The molecule has 0 saturated carbocycles. The number of aliphatic hydroxyl groups excluding tert-OH is 1. The summed E-state index contributed by atoms with van der Waals surface area (Å²) in [6.07, 6.45) is 18.3. The minimum atomic E-state index is -0.745. The third-order valence-electron chi connectivity index (χ3n) is 6.76. The second kappa shape index (κ2) is 26.0. The molecule has 7 heteroatoms. The summed E-state index contributed by atoms with van der Waals surface area (Å²) < 4.78 is 10.7.